The van der Waals surface area contributed by atoms with Crippen molar-refractivity contribution in [3.05, 3.63) is 71.8 Å². The fourth-order valence-electron chi connectivity index (χ4n) is 2.39. The molecule has 0 saturated carbocycles. The topological polar surface area (TPSA) is 20.3 Å². The van der Waals surface area contributed by atoms with E-state index in [0.717, 1.165) is 24.2 Å². The van der Waals surface area contributed by atoms with Crippen LogP contribution in [0.25, 0.3) is 6.08 Å². The van der Waals surface area contributed by atoms with Gasteiger partial charge in [-0.1, -0.05) is 48.5 Å². The molecule has 1 heterocycles. The number of para-hydroxylation sites is 1. The summed E-state index contributed by atoms with van der Waals surface area (Å²) >= 11 is 0. The van der Waals surface area contributed by atoms with Crippen LogP contribution in [0, 0.1) is 0 Å². The highest BCUT2D eigenvalue weighted by Crippen LogP contribution is 2.27. The van der Waals surface area contributed by atoms with Crippen LogP contribution in [-0.4, -0.2) is 12.5 Å². The predicted molar refractivity (Wildman–Crippen MR) is 78.0 cm³/mol. The van der Waals surface area contributed by atoms with E-state index in [1.807, 2.05) is 59.5 Å². The Morgan fingerprint density at radius 1 is 1.00 bits per heavy atom. The fraction of sp³-hybridized carbons (Fsp3) is 0.118. The number of amides is 1. The molecule has 1 amide bonds. The first-order valence-corrected chi connectivity index (χ1v) is 6.47. The normalized spacial score (nSPS) is 13.8. The van der Waals surface area contributed by atoms with Gasteiger partial charge in [0.2, 0.25) is 0 Å². The van der Waals surface area contributed by atoms with Crippen molar-refractivity contribution < 1.29 is 4.79 Å². The third kappa shape index (κ3) is 2.43. The van der Waals surface area contributed by atoms with Crippen LogP contribution in [0.5, 0.6) is 0 Å². The van der Waals surface area contributed by atoms with Crippen LogP contribution in [0.1, 0.15) is 11.1 Å². The van der Waals surface area contributed by atoms with Gasteiger partial charge in [-0.2, -0.15) is 0 Å². The van der Waals surface area contributed by atoms with Crippen molar-refractivity contribution >= 4 is 17.7 Å². The highest BCUT2D eigenvalue weighted by Gasteiger charge is 2.22. The van der Waals surface area contributed by atoms with Gasteiger partial charge < -0.3 is 4.90 Å². The van der Waals surface area contributed by atoms with Gasteiger partial charge in [0.25, 0.3) is 5.91 Å². The molecule has 19 heavy (non-hydrogen) atoms. The van der Waals surface area contributed by atoms with E-state index in [1.54, 1.807) is 6.08 Å². The van der Waals surface area contributed by atoms with Gasteiger partial charge in [0.1, 0.15) is 0 Å². The first kappa shape index (κ1) is 11.7. The number of rotatable bonds is 2. The third-order valence-electron chi connectivity index (χ3n) is 3.37. The number of carbonyl (C=O) groups excluding carboxylic acids is 1. The summed E-state index contributed by atoms with van der Waals surface area (Å²) in [6, 6.07) is 18.0. The second kappa shape index (κ2) is 5.11. The zero-order valence-electron chi connectivity index (χ0n) is 10.6. The molecule has 0 aromatic heterocycles. The van der Waals surface area contributed by atoms with Gasteiger partial charge >= 0.3 is 0 Å². The number of carbonyl (C=O) groups is 1. The lowest BCUT2D eigenvalue weighted by molar-refractivity contribution is -0.114. The van der Waals surface area contributed by atoms with Crippen molar-refractivity contribution in [1.82, 2.24) is 0 Å². The lowest BCUT2D eigenvalue weighted by Gasteiger charge is -2.14. The van der Waals surface area contributed by atoms with E-state index in [9.17, 15) is 4.79 Å². The van der Waals surface area contributed by atoms with E-state index >= 15 is 0 Å². The Morgan fingerprint density at radius 3 is 2.58 bits per heavy atom. The van der Waals surface area contributed by atoms with Crippen molar-refractivity contribution in [2.75, 3.05) is 11.4 Å². The van der Waals surface area contributed by atoms with E-state index in [4.69, 9.17) is 0 Å². The first-order chi connectivity index (χ1) is 9.34. The van der Waals surface area contributed by atoms with Gasteiger partial charge in [0, 0.05) is 18.3 Å². The molecule has 2 nitrogen and oxygen atoms in total. The van der Waals surface area contributed by atoms with Crippen molar-refractivity contribution in [2.45, 2.75) is 6.42 Å². The van der Waals surface area contributed by atoms with Crippen molar-refractivity contribution in [1.29, 1.82) is 0 Å². The van der Waals surface area contributed by atoms with Gasteiger partial charge in [-0.05, 0) is 29.7 Å². The standard InChI is InChI=1S/C17H15NO/c19-17(11-10-14-6-2-1-3-7-14)18-13-12-15-8-4-5-9-16(15)18/h1-11H,12-13H2. The quantitative estimate of drug-likeness (QED) is 0.748. The molecular formula is C17H15NO. The predicted octanol–water partition coefficient (Wildman–Crippen LogP) is 3.29. The summed E-state index contributed by atoms with van der Waals surface area (Å²) < 4.78 is 0. The zero-order chi connectivity index (χ0) is 13.1. The SMILES string of the molecule is O=C(C=Cc1ccccc1)N1CCc2ccccc21. The Labute approximate surface area is 113 Å². The molecule has 0 bridgehead atoms. The molecule has 2 aromatic carbocycles. The number of nitrogens with zero attached hydrogens (tertiary/aromatic N) is 1. The average Bonchev–Trinajstić information content (AvgIpc) is 2.90. The van der Waals surface area contributed by atoms with Crippen LogP contribution < -0.4 is 4.90 Å². The molecule has 2 aromatic rings. The maximum Gasteiger partial charge on any atom is 0.251 e. The molecule has 0 radical (unpaired) electrons. The zero-order valence-corrected chi connectivity index (χ0v) is 10.6. The number of benzene rings is 2. The summed E-state index contributed by atoms with van der Waals surface area (Å²) in [7, 11) is 0. The van der Waals surface area contributed by atoms with Crippen LogP contribution in [0.15, 0.2) is 60.7 Å². The number of anilines is 1. The average molecular weight is 249 g/mol. The molecular weight excluding hydrogens is 234 g/mol. The monoisotopic (exact) mass is 249 g/mol. The second-order valence-corrected chi connectivity index (χ2v) is 4.61. The van der Waals surface area contributed by atoms with Gasteiger partial charge in [-0.25, -0.2) is 0 Å². The Kier molecular flexibility index (Phi) is 3.15. The van der Waals surface area contributed by atoms with Gasteiger partial charge in [-0.3, -0.25) is 4.79 Å². The van der Waals surface area contributed by atoms with E-state index in [0.29, 0.717) is 0 Å². The summed E-state index contributed by atoms with van der Waals surface area (Å²) in [5, 5.41) is 0. The smallest absolute Gasteiger partial charge is 0.251 e. The van der Waals surface area contributed by atoms with Gasteiger partial charge in [0.05, 0.1) is 0 Å². The highest BCUT2D eigenvalue weighted by atomic mass is 16.2. The van der Waals surface area contributed by atoms with Crippen molar-refractivity contribution in [3.8, 4) is 0 Å². The molecule has 0 unspecified atom stereocenters. The van der Waals surface area contributed by atoms with E-state index in [-0.39, 0.29) is 5.91 Å². The van der Waals surface area contributed by atoms with E-state index < -0.39 is 0 Å². The maximum absolute atomic E-state index is 12.2. The summed E-state index contributed by atoms with van der Waals surface area (Å²) in [5.41, 5.74) is 3.34. The maximum atomic E-state index is 12.2. The fourth-order valence-corrected chi connectivity index (χ4v) is 2.39. The molecule has 0 N–H and O–H groups in total. The molecule has 1 aliphatic rings. The number of fused-ring (bicyclic) bond motifs is 1. The summed E-state index contributed by atoms with van der Waals surface area (Å²) in [4.78, 5) is 14.1. The van der Waals surface area contributed by atoms with Gasteiger partial charge in [-0.15, -0.1) is 0 Å². The lowest BCUT2D eigenvalue weighted by atomic mass is 10.2. The number of hydrogen-bond acceptors (Lipinski definition) is 1. The van der Waals surface area contributed by atoms with Crippen molar-refractivity contribution in [2.24, 2.45) is 0 Å². The highest BCUT2D eigenvalue weighted by molar-refractivity contribution is 6.05. The van der Waals surface area contributed by atoms with Crippen LogP contribution >= 0.6 is 0 Å². The Morgan fingerprint density at radius 2 is 1.74 bits per heavy atom. The molecule has 0 aliphatic carbocycles. The van der Waals surface area contributed by atoms with E-state index in [1.165, 1.54) is 5.56 Å². The van der Waals surface area contributed by atoms with Crippen LogP contribution in [0.4, 0.5) is 5.69 Å². The molecule has 94 valence electrons. The van der Waals surface area contributed by atoms with E-state index in [2.05, 4.69) is 6.07 Å². The molecule has 0 spiro atoms. The summed E-state index contributed by atoms with van der Waals surface area (Å²) in [6.07, 6.45) is 4.46. The largest absolute Gasteiger partial charge is 0.308 e. The van der Waals surface area contributed by atoms with Crippen LogP contribution in [0.2, 0.25) is 0 Å². The summed E-state index contributed by atoms with van der Waals surface area (Å²) in [6.45, 7) is 0.775. The van der Waals surface area contributed by atoms with Crippen LogP contribution in [-0.2, 0) is 11.2 Å². The molecule has 0 fully saturated rings. The minimum absolute atomic E-state index is 0.0498. The van der Waals surface area contributed by atoms with Crippen LogP contribution in [0.3, 0.4) is 0 Å². The molecule has 0 saturated heterocycles. The lowest BCUT2D eigenvalue weighted by Crippen LogP contribution is -2.26. The first-order valence-electron chi connectivity index (χ1n) is 6.47. The minimum Gasteiger partial charge on any atom is -0.308 e. The molecule has 0 atom stereocenters. The third-order valence-corrected chi connectivity index (χ3v) is 3.37. The Hall–Kier alpha value is -2.35. The molecule has 3 rings (SSSR count). The second-order valence-electron chi connectivity index (χ2n) is 4.61. The molecule has 1 aliphatic heterocycles. The minimum atomic E-state index is 0.0498. The molecule has 2 heteroatoms. The van der Waals surface area contributed by atoms with Gasteiger partial charge in [0.15, 0.2) is 0 Å². The Bertz CT molecular complexity index is 616. The summed E-state index contributed by atoms with van der Waals surface area (Å²) in [5.74, 6) is 0.0498. The van der Waals surface area contributed by atoms with Crippen molar-refractivity contribution in [3.63, 3.8) is 0 Å². The Balaban J connectivity index is 1.78. The number of hydrogen-bond donors (Lipinski definition) is 0.